The summed E-state index contributed by atoms with van der Waals surface area (Å²) in [7, 11) is 0. The number of halogens is 2. The van der Waals surface area contributed by atoms with Gasteiger partial charge in [0.2, 0.25) is 0 Å². The Morgan fingerprint density at radius 3 is 2.73 bits per heavy atom. The molecule has 0 saturated heterocycles. The molecular formula is C21H18F2N6O. The van der Waals surface area contributed by atoms with Gasteiger partial charge in [-0.2, -0.15) is 10.2 Å². The molecule has 3 heterocycles. The van der Waals surface area contributed by atoms with Crippen LogP contribution in [-0.4, -0.2) is 25.0 Å². The van der Waals surface area contributed by atoms with Crippen molar-refractivity contribution in [3.63, 3.8) is 0 Å². The maximum atomic E-state index is 14.2. The molecule has 5 rings (SSSR count). The maximum Gasteiger partial charge on any atom is 0.272 e. The number of nitrogens with one attached hydrogen (secondary N) is 2. The van der Waals surface area contributed by atoms with E-state index in [9.17, 15) is 13.6 Å². The average molecular weight is 408 g/mol. The van der Waals surface area contributed by atoms with E-state index in [-0.39, 0.29) is 17.2 Å². The Morgan fingerprint density at radius 1 is 1.17 bits per heavy atom. The van der Waals surface area contributed by atoms with Crippen LogP contribution in [0.3, 0.4) is 0 Å². The quantitative estimate of drug-likeness (QED) is 0.544. The molecule has 0 saturated carbocycles. The van der Waals surface area contributed by atoms with Crippen LogP contribution in [0.1, 0.15) is 41.5 Å². The van der Waals surface area contributed by atoms with Crippen LogP contribution >= 0.6 is 0 Å². The van der Waals surface area contributed by atoms with E-state index in [1.807, 2.05) is 6.92 Å². The second-order valence-electron chi connectivity index (χ2n) is 7.25. The molecule has 2 N–H and O–H groups in total. The molecule has 0 spiro atoms. The van der Waals surface area contributed by atoms with E-state index in [1.165, 1.54) is 30.6 Å². The normalized spacial score (nSPS) is 18.5. The Hall–Kier alpha value is -3.46. The molecule has 7 nitrogen and oxygen atoms in total. The lowest BCUT2D eigenvalue weighted by Gasteiger charge is -2.26. The SMILES string of the molecule is CCn1ncnc1C1c2n[nH]c(=O)c3cc(F)cc(c23)CNC1c1ccc(F)cc1. The van der Waals surface area contributed by atoms with E-state index >= 15 is 0 Å². The van der Waals surface area contributed by atoms with Gasteiger partial charge in [-0.15, -0.1) is 0 Å². The first kappa shape index (κ1) is 18.6. The van der Waals surface area contributed by atoms with Gasteiger partial charge in [0.25, 0.3) is 5.56 Å². The monoisotopic (exact) mass is 408 g/mol. The van der Waals surface area contributed by atoms with Gasteiger partial charge in [-0.3, -0.25) is 4.79 Å². The van der Waals surface area contributed by atoms with Crippen molar-refractivity contribution >= 4 is 10.8 Å². The summed E-state index contributed by atoms with van der Waals surface area (Å²) >= 11 is 0. The number of aromatic amines is 1. The summed E-state index contributed by atoms with van der Waals surface area (Å²) in [6.07, 6.45) is 1.47. The van der Waals surface area contributed by atoms with Crippen LogP contribution in [0.25, 0.3) is 10.8 Å². The Balaban J connectivity index is 1.82. The standard InChI is InChI=1S/C21H18F2N6O/c1-2-29-20(25-10-26-29)17-18(11-3-5-13(22)6-4-11)24-9-12-7-14(23)8-15-16(12)19(17)27-28-21(15)30/h3-8,10,17-18,24H,2,9H2,1H3,(H,28,30). The van der Waals surface area contributed by atoms with E-state index in [2.05, 4.69) is 25.6 Å². The highest BCUT2D eigenvalue weighted by Crippen LogP contribution is 2.40. The van der Waals surface area contributed by atoms with Crippen LogP contribution < -0.4 is 10.9 Å². The first-order valence-corrected chi connectivity index (χ1v) is 9.64. The molecule has 0 amide bonds. The molecule has 0 aliphatic carbocycles. The zero-order valence-corrected chi connectivity index (χ0v) is 16.1. The van der Waals surface area contributed by atoms with Gasteiger partial charge >= 0.3 is 0 Å². The van der Waals surface area contributed by atoms with Crippen LogP contribution in [-0.2, 0) is 13.1 Å². The van der Waals surface area contributed by atoms with E-state index in [4.69, 9.17) is 0 Å². The third-order valence-electron chi connectivity index (χ3n) is 5.56. The minimum absolute atomic E-state index is 0.240. The number of rotatable bonds is 3. The predicted octanol–water partition coefficient (Wildman–Crippen LogP) is 2.79. The maximum absolute atomic E-state index is 14.2. The molecule has 2 atom stereocenters. The Bertz CT molecular complexity index is 1300. The topological polar surface area (TPSA) is 88.5 Å². The molecule has 0 radical (unpaired) electrons. The second kappa shape index (κ2) is 7.10. The fourth-order valence-corrected chi connectivity index (χ4v) is 4.24. The van der Waals surface area contributed by atoms with Crippen LogP contribution in [0.2, 0.25) is 0 Å². The van der Waals surface area contributed by atoms with Crippen molar-refractivity contribution in [3.05, 3.63) is 87.4 Å². The summed E-state index contributed by atoms with van der Waals surface area (Å²) in [5, 5.41) is 15.5. The highest BCUT2D eigenvalue weighted by molar-refractivity contribution is 5.88. The molecule has 0 bridgehead atoms. The molecule has 152 valence electrons. The zero-order chi connectivity index (χ0) is 20.8. The molecule has 2 unspecified atom stereocenters. The molecule has 0 fully saturated rings. The van der Waals surface area contributed by atoms with Crippen molar-refractivity contribution in [3.8, 4) is 0 Å². The molecule has 1 aliphatic rings. The largest absolute Gasteiger partial charge is 0.305 e. The molecule has 9 heteroatoms. The van der Waals surface area contributed by atoms with Crippen LogP contribution in [0.5, 0.6) is 0 Å². The predicted molar refractivity (Wildman–Crippen MR) is 106 cm³/mol. The second-order valence-corrected chi connectivity index (χ2v) is 7.25. The van der Waals surface area contributed by atoms with Crippen molar-refractivity contribution < 1.29 is 8.78 Å². The minimum Gasteiger partial charge on any atom is -0.305 e. The van der Waals surface area contributed by atoms with E-state index in [1.54, 1.807) is 16.8 Å². The Labute approximate surface area is 169 Å². The van der Waals surface area contributed by atoms with Crippen molar-refractivity contribution in [1.82, 2.24) is 30.3 Å². The molecule has 2 aromatic heterocycles. The Morgan fingerprint density at radius 2 is 1.97 bits per heavy atom. The molecular weight excluding hydrogens is 390 g/mol. The van der Waals surface area contributed by atoms with Gasteiger partial charge in [0.1, 0.15) is 23.8 Å². The third kappa shape index (κ3) is 2.89. The van der Waals surface area contributed by atoms with Gasteiger partial charge in [-0.25, -0.2) is 23.5 Å². The Kier molecular flexibility index (Phi) is 4.39. The summed E-state index contributed by atoms with van der Waals surface area (Å²) < 4.78 is 29.6. The van der Waals surface area contributed by atoms with Crippen molar-refractivity contribution in [1.29, 1.82) is 0 Å². The number of aryl methyl sites for hydroxylation is 1. The smallest absolute Gasteiger partial charge is 0.272 e. The number of benzene rings is 2. The molecule has 4 aromatic rings. The zero-order valence-electron chi connectivity index (χ0n) is 16.1. The number of hydrogen-bond acceptors (Lipinski definition) is 5. The van der Waals surface area contributed by atoms with Crippen molar-refractivity contribution in [2.75, 3.05) is 0 Å². The van der Waals surface area contributed by atoms with Crippen LogP contribution in [0.4, 0.5) is 8.78 Å². The minimum atomic E-state index is -0.490. The van der Waals surface area contributed by atoms with Crippen molar-refractivity contribution in [2.24, 2.45) is 0 Å². The third-order valence-corrected chi connectivity index (χ3v) is 5.56. The average Bonchev–Trinajstić information content (AvgIpc) is 3.15. The number of hydrogen-bond donors (Lipinski definition) is 2. The van der Waals surface area contributed by atoms with E-state index in [0.29, 0.717) is 35.6 Å². The summed E-state index contributed by atoms with van der Waals surface area (Å²) in [6, 6.07) is 8.48. The highest BCUT2D eigenvalue weighted by atomic mass is 19.1. The lowest BCUT2D eigenvalue weighted by Crippen LogP contribution is -2.28. The lowest BCUT2D eigenvalue weighted by atomic mass is 9.88. The summed E-state index contributed by atoms with van der Waals surface area (Å²) in [5.41, 5.74) is 1.57. The van der Waals surface area contributed by atoms with Gasteiger partial charge in [0.05, 0.1) is 17.0 Å². The van der Waals surface area contributed by atoms with E-state index in [0.717, 1.165) is 5.56 Å². The molecule has 30 heavy (non-hydrogen) atoms. The summed E-state index contributed by atoms with van der Waals surface area (Å²) in [5.74, 6) is -0.618. The molecule has 2 aromatic carbocycles. The first-order chi connectivity index (χ1) is 14.6. The number of aromatic nitrogens is 5. The first-order valence-electron chi connectivity index (χ1n) is 9.64. The summed E-state index contributed by atoms with van der Waals surface area (Å²) in [4.78, 5) is 16.9. The van der Waals surface area contributed by atoms with Gasteiger partial charge in [0, 0.05) is 24.5 Å². The molecule has 1 aliphatic heterocycles. The van der Waals surface area contributed by atoms with Crippen LogP contribution in [0.15, 0.2) is 47.5 Å². The van der Waals surface area contributed by atoms with Gasteiger partial charge in [-0.1, -0.05) is 12.1 Å². The van der Waals surface area contributed by atoms with Gasteiger partial charge < -0.3 is 5.32 Å². The lowest BCUT2D eigenvalue weighted by molar-refractivity contribution is 0.449. The van der Waals surface area contributed by atoms with Crippen LogP contribution in [0, 0.1) is 11.6 Å². The van der Waals surface area contributed by atoms with E-state index < -0.39 is 17.3 Å². The van der Waals surface area contributed by atoms with Gasteiger partial charge in [-0.05, 0) is 42.3 Å². The number of nitrogens with zero attached hydrogens (tertiary/aromatic N) is 4. The highest BCUT2D eigenvalue weighted by Gasteiger charge is 2.36. The summed E-state index contributed by atoms with van der Waals surface area (Å²) in [6.45, 7) is 2.85. The van der Waals surface area contributed by atoms with Crippen molar-refractivity contribution in [2.45, 2.75) is 32.0 Å². The number of H-pyrrole nitrogens is 1. The fourth-order valence-electron chi connectivity index (χ4n) is 4.24. The van der Waals surface area contributed by atoms with Gasteiger partial charge in [0.15, 0.2) is 0 Å². The fraction of sp³-hybridized carbons (Fsp3) is 0.238.